The summed E-state index contributed by atoms with van der Waals surface area (Å²) < 4.78 is 30.9. The molecule has 0 aromatic heterocycles. The van der Waals surface area contributed by atoms with Crippen molar-refractivity contribution in [3.05, 3.63) is 59.7 Å². The Morgan fingerprint density at radius 3 is 2.64 bits per heavy atom. The van der Waals surface area contributed by atoms with Crippen molar-refractivity contribution in [2.75, 3.05) is 17.7 Å². The van der Waals surface area contributed by atoms with Crippen LogP contribution in [0.4, 0.5) is 14.5 Å². The number of esters is 1. The molecule has 132 valence electrons. The number of hydrogen-bond donors (Lipinski definition) is 1. The van der Waals surface area contributed by atoms with Crippen molar-refractivity contribution in [2.45, 2.75) is 18.2 Å². The molecule has 25 heavy (non-hydrogen) atoms. The van der Waals surface area contributed by atoms with E-state index in [0.29, 0.717) is 21.9 Å². The Hall–Kier alpha value is -2.41. The first-order valence-electron chi connectivity index (χ1n) is 7.64. The highest BCUT2D eigenvalue weighted by molar-refractivity contribution is 7.99. The number of ether oxygens (including phenoxy) is 1. The van der Waals surface area contributed by atoms with Gasteiger partial charge < -0.3 is 10.1 Å². The number of benzene rings is 2. The van der Waals surface area contributed by atoms with E-state index in [-0.39, 0.29) is 18.9 Å². The lowest BCUT2D eigenvalue weighted by molar-refractivity contribution is -0.115. The molecule has 0 spiro atoms. The Labute approximate surface area is 148 Å². The van der Waals surface area contributed by atoms with Crippen LogP contribution in [0, 0.1) is 11.6 Å². The topological polar surface area (TPSA) is 55.4 Å². The van der Waals surface area contributed by atoms with Gasteiger partial charge in [-0.15, -0.1) is 11.8 Å². The number of halogens is 2. The van der Waals surface area contributed by atoms with Gasteiger partial charge in [0, 0.05) is 22.8 Å². The first-order valence-corrected chi connectivity index (χ1v) is 8.63. The molecular formula is C18H17F2NO3S. The fourth-order valence-electron chi connectivity index (χ4n) is 1.99. The molecular weight excluding hydrogens is 348 g/mol. The number of amides is 1. The summed E-state index contributed by atoms with van der Waals surface area (Å²) in [5.41, 5.74) is 0.851. The predicted octanol–water partition coefficient (Wildman–Crippen LogP) is 4.26. The largest absolute Gasteiger partial charge is 0.462 e. The van der Waals surface area contributed by atoms with Gasteiger partial charge in [-0.05, 0) is 43.3 Å². The number of rotatable bonds is 7. The quantitative estimate of drug-likeness (QED) is 0.588. The Bertz CT molecular complexity index is 768. The first-order chi connectivity index (χ1) is 12.0. The fourth-order valence-corrected chi connectivity index (χ4v) is 2.86. The van der Waals surface area contributed by atoms with E-state index in [1.807, 2.05) is 0 Å². The Morgan fingerprint density at radius 2 is 1.92 bits per heavy atom. The lowest BCUT2D eigenvalue weighted by atomic mass is 10.2. The van der Waals surface area contributed by atoms with Crippen molar-refractivity contribution >= 4 is 29.3 Å². The van der Waals surface area contributed by atoms with Crippen molar-refractivity contribution in [1.82, 2.24) is 0 Å². The molecule has 2 rings (SSSR count). The molecule has 0 radical (unpaired) electrons. The summed E-state index contributed by atoms with van der Waals surface area (Å²) in [7, 11) is 0. The SMILES string of the molecule is CCOC(=O)c1cccc(NC(=O)CCSc2ccc(F)c(F)c2)c1. The van der Waals surface area contributed by atoms with Crippen LogP contribution < -0.4 is 5.32 Å². The molecule has 4 nitrogen and oxygen atoms in total. The maximum Gasteiger partial charge on any atom is 0.338 e. The van der Waals surface area contributed by atoms with Crippen molar-refractivity contribution in [1.29, 1.82) is 0 Å². The third-order valence-corrected chi connectivity index (χ3v) is 4.14. The summed E-state index contributed by atoms with van der Waals surface area (Å²) in [6.07, 6.45) is 0.188. The van der Waals surface area contributed by atoms with Crippen molar-refractivity contribution in [3.63, 3.8) is 0 Å². The van der Waals surface area contributed by atoms with E-state index in [4.69, 9.17) is 4.74 Å². The minimum absolute atomic E-state index is 0.188. The van der Waals surface area contributed by atoms with Gasteiger partial charge in [0.1, 0.15) is 0 Å². The number of hydrogen-bond acceptors (Lipinski definition) is 4. The smallest absolute Gasteiger partial charge is 0.338 e. The Kier molecular flexibility index (Phi) is 6.94. The second kappa shape index (κ2) is 9.17. The van der Waals surface area contributed by atoms with Crippen molar-refractivity contribution in [3.8, 4) is 0 Å². The molecule has 0 unspecified atom stereocenters. The monoisotopic (exact) mass is 365 g/mol. The van der Waals surface area contributed by atoms with Gasteiger partial charge >= 0.3 is 5.97 Å². The highest BCUT2D eigenvalue weighted by Crippen LogP contribution is 2.21. The zero-order valence-corrected chi connectivity index (χ0v) is 14.4. The van der Waals surface area contributed by atoms with E-state index in [2.05, 4.69) is 5.32 Å². The standard InChI is InChI=1S/C18H17F2NO3S/c1-2-24-18(23)12-4-3-5-13(10-12)21-17(22)8-9-25-14-6-7-15(19)16(20)11-14/h3-7,10-11H,2,8-9H2,1H3,(H,21,22). The van der Waals surface area contributed by atoms with Crippen LogP contribution in [0.3, 0.4) is 0 Å². The number of nitrogens with one attached hydrogen (secondary N) is 1. The van der Waals surface area contributed by atoms with Crippen LogP contribution in [-0.2, 0) is 9.53 Å². The third-order valence-electron chi connectivity index (χ3n) is 3.15. The van der Waals surface area contributed by atoms with Gasteiger partial charge in [-0.25, -0.2) is 13.6 Å². The maximum atomic E-state index is 13.1. The number of carbonyl (C=O) groups is 2. The van der Waals surface area contributed by atoms with E-state index in [1.165, 1.54) is 17.8 Å². The molecule has 0 fully saturated rings. The number of carbonyl (C=O) groups excluding carboxylic acids is 2. The van der Waals surface area contributed by atoms with Crippen molar-refractivity contribution in [2.24, 2.45) is 0 Å². The van der Waals surface area contributed by atoms with Crippen LogP contribution in [0.1, 0.15) is 23.7 Å². The zero-order valence-electron chi connectivity index (χ0n) is 13.6. The molecule has 1 amide bonds. The van der Waals surface area contributed by atoms with Gasteiger partial charge in [0.25, 0.3) is 0 Å². The van der Waals surface area contributed by atoms with Gasteiger partial charge in [-0.1, -0.05) is 6.07 Å². The van der Waals surface area contributed by atoms with Gasteiger partial charge in [0.05, 0.1) is 12.2 Å². The molecule has 2 aromatic carbocycles. The van der Waals surface area contributed by atoms with Gasteiger partial charge in [-0.2, -0.15) is 0 Å². The predicted molar refractivity (Wildman–Crippen MR) is 92.7 cm³/mol. The molecule has 0 aliphatic rings. The first kappa shape index (κ1) is 18.9. The molecule has 0 bridgehead atoms. The summed E-state index contributed by atoms with van der Waals surface area (Å²) in [6.45, 7) is 1.99. The lowest BCUT2D eigenvalue weighted by Crippen LogP contribution is -2.13. The van der Waals surface area contributed by atoms with Crippen LogP contribution in [0.25, 0.3) is 0 Å². The molecule has 0 heterocycles. The van der Waals surface area contributed by atoms with Gasteiger partial charge in [0.15, 0.2) is 11.6 Å². The van der Waals surface area contributed by atoms with Crippen LogP contribution in [0.5, 0.6) is 0 Å². The van der Waals surface area contributed by atoms with Crippen LogP contribution in [-0.4, -0.2) is 24.2 Å². The molecule has 0 atom stereocenters. The zero-order chi connectivity index (χ0) is 18.2. The second-order valence-corrected chi connectivity index (χ2v) is 6.19. The van der Waals surface area contributed by atoms with E-state index in [1.54, 1.807) is 31.2 Å². The minimum atomic E-state index is -0.912. The van der Waals surface area contributed by atoms with E-state index < -0.39 is 17.6 Å². The van der Waals surface area contributed by atoms with E-state index in [0.717, 1.165) is 12.1 Å². The number of thioether (sulfide) groups is 1. The normalized spacial score (nSPS) is 10.4. The van der Waals surface area contributed by atoms with E-state index in [9.17, 15) is 18.4 Å². The Morgan fingerprint density at radius 1 is 1.12 bits per heavy atom. The molecule has 0 aliphatic heterocycles. The molecule has 1 N–H and O–H groups in total. The van der Waals surface area contributed by atoms with Crippen LogP contribution in [0.15, 0.2) is 47.4 Å². The van der Waals surface area contributed by atoms with Crippen LogP contribution in [0.2, 0.25) is 0 Å². The van der Waals surface area contributed by atoms with E-state index >= 15 is 0 Å². The summed E-state index contributed by atoms with van der Waals surface area (Å²) in [4.78, 5) is 24.2. The molecule has 0 saturated carbocycles. The summed E-state index contributed by atoms with van der Waals surface area (Å²) in [5, 5.41) is 2.69. The fraction of sp³-hybridized carbons (Fsp3) is 0.222. The Balaban J connectivity index is 1.84. The molecule has 0 saturated heterocycles. The van der Waals surface area contributed by atoms with Gasteiger partial charge in [-0.3, -0.25) is 4.79 Å². The van der Waals surface area contributed by atoms with Crippen molar-refractivity contribution < 1.29 is 23.1 Å². The number of anilines is 1. The minimum Gasteiger partial charge on any atom is -0.462 e. The van der Waals surface area contributed by atoms with Crippen LogP contribution >= 0.6 is 11.8 Å². The molecule has 2 aromatic rings. The third kappa shape index (κ3) is 5.86. The molecule has 7 heteroatoms. The highest BCUT2D eigenvalue weighted by atomic mass is 32.2. The summed E-state index contributed by atoms with van der Waals surface area (Å²) >= 11 is 1.26. The lowest BCUT2D eigenvalue weighted by Gasteiger charge is -2.07. The average molecular weight is 365 g/mol. The maximum absolute atomic E-state index is 13.1. The van der Waals surface area contributed by atoms with Gasteiger partial charge in [0.2, 0.25) is 5.91 Å². The summed E-state index contributed by atoms with van der Waals surface area (Å²) in [6, 6.07) is 10.1. The molecule has 0 aliphatic carbocycles. The second-order valence-electron chi connectivity index (χ2n) is 5.02. The summed E-state index contributed by atoms with van der Waals surface area (Å²) in [5.74, 6) is -2.09. The highest BCUT2D eigenvalue weighted by Gasteiger charge is 2.09. The average Bonchev–Trinajstić information content (AvgIpc) is 2.58.